The van der Waals surface area contributed by atoms with E-state index in [1.807, 2.05) is 0 Å². The van der Waals surface area contributed by atoms with Gasteiger partial charge in [0.15, 0.2) is 0 Å². The molecular weight excluding hydrogens is 84.1 g/mol. The number of hydrogen-bond acceptors (Lipinski definition) is 0. The molecule has 5 aliphatic carbocycles. The van der Waals surface area contributed by atoms with Crippen LogP contribution in [0.4, 0.5) is 0 Å². The topological polar surface area (TPSA) is 0 Å². The molecule has 0 aromatic carbocycles. The van der Waals surface area contributed by atoms with Gasteiger partial charge in [-0.05, 0) is 41.9 Å². The van der Waals surface area contributed by atoms with E-state index in [0.29, 0.717) is 0 Å². The van der Waals surface area contributed by atoms with E-state index in [9.17, 15) is 0 Å². The highest BCUT2D eigenvalue weighted by molar-refractivity contribution is 5.35. The fraction of sp³-hybridized carbons (Fsp3) is 1.00. The van der Waals surface area contributed by atoms with Crippen molar-refractivity contribution in [3.05, 3.63) is 0 Å². The molecule has 5 aliphatic rings. The summed E-state index contributed by atoms with van der Waals surface area (Å²) < 4.78 is 0. The lowest BCUT2D eigenvalue weighted by atomic mass is 10.1. The molecule has 0 amide bonds. The summed E-state index contributed by atoms with van der Waals surface area (Å²) in [6.45, 7) is 0. The van der Waals surface area contributed by atoms with Gasteiger partial charge in [-0.25, -0.2) is 0 Å². The molecule has 2 bridgehead atoms. The molecule has 36 valence electrons. The first-order chi connectivity index (χ1) is 3.48. The van der Waals surface area contributed by atoms with E-state index < -0.39 is 0 Å². The minimum atomic E-state index is 1.29. The average Bonchev–Trinajstić information content (AvgIpc) is 2.43. The predicted molar refractivity (Wildman–Crippen MR) is 25.6 cm³/mol. The van der Waals surface area contributed by atoms with Crippen molar-refractivity contribution < 1.29 is 0 Å². The van der Waals surface area contributed by atoms with Gasteiger partial charge in [-0.1, -0.05) is 0 Å². The zero-order valence-corrected chi connectivity index (χ0v) is 4.17. The Morgan fingerprint density at radius 1 is 0.714 bits per heavy atom. The van der Waals surface area contributed by atoms with Crippen molar-refractivity contribution in [1.29, 1.82) is 0 Å². The van der Waals surface area contributed by atoms with Gasteiger partial charge < -0.3 is 0 Å². The fourth-order valence-corrected chi connectivity index (χ4v) is 3.40. The summed E-state index contributed by atoms with van der Waals surface area (Å²) in [5.74, 6) is 7.86. The molecule has 0 aromatic heterocycles. The maximum atomic E-state index is 1.64. The molecule has 0 N–H and O–H groups in total. The molecule has 0 nitrogen and oxygen atoms in total. The van der Waals surface area contributed by atoms with Crippen LogP contribution in [0.25, 0.3) is 0 Å². The van der Waals surface area contributed by atoms with E-state index in [-0.39, 0.29) is 0 Å². The van der Waals surface area contributed by atoms with Crippen molar-refractivity contribution in [2.24, 2.45) is 35.5 Å². The van der Waals surface area contributed by atoms with Crippen LogP contribution >= 0.6 is 0 Å². The minimum Gasteiger partial charge on any atom is -0.0465 e. The van der Waals surface area contributed by atoms with Crippen LogP contribution in [0.5, 0.6) is 0 Å². The minimum absolute atomic E-state index is 1.29. The first-order valence-corrected chi connectivity index (χ1v) is 3.48. The third-order valence-electron chi connectivity index (χ3n) is 3.82. The van der Waals surface area contributed by atoms with Crippen LogP contribution in [0.2, 0.25) is 0 Å². The third kappa shape index (κ3) is 0.107. The zero-order valence-electron chi connectivity index (χ0n) is 4.17. The summed E-state index contributed by atoms with van der Waals surface area (Å²) in [5, 5.41) is 0. The summed E-state index contributed by atoms with van der Waals surface area (Å²) in [6.07, 6.45) is 1.64. The molecule has 0 aliphatic heterocycles. The molecule has 0 heteroatoms. The second kappa shape index (κ2) is 0.416. The normalized spacial score (nSPS) is 96.0. The Morgan fingerprint density at radius 3 is 1.57 bits per heavy atom. The Kier molecular flexibility index (Phi) is 0.150. The van der Waals surface area contributed by atoms with Crippen LogP contribution < -0.4 is 0 Å². The Morgan fingerprint density at radius 2 is 1.29 bits per heavy atom. The molecule has 0 radical (unpaired) electrons. The Bertz CT molecular complexity index is 131. The summed E-state index contributed by atoms with van der Waals surface area (Å²) in [5.41, 5.74) is 0. The maximum absolute atomic E-state index is 1.64. The highest BCUT2D eigenvalue weighted by Crippen LogP contribution is 2.92. The van der Waals surface area contributed by atoms with Crippen molar-refractivity contribution in [3.8, 4) is 0 Å². The van der Waals surface area contributed by atoms with Crippen molar-refractivity contribution in [1.82, 2.24) is 0 Å². The molecule has 4 atom stereocenters. The molecule has 5 saturated carbocycles. The van der Waals surface area contributed by atoms with E-state index >= 15 is 0 Å². The van der Waals surface area contributed by atoms with E-state index in [1.165, 1.54) is 35.5 Å². The molecule has 5 rings (SSSR count). The fourth-order valence-electron chi connectivity index (χ4n) is 3.40. The molecule has 0 saturated heterocycles. The van der Waals surface area contributed by atoms with Gasteiger partial charge in [0, 0.05) is 0 Å². The van der Waals surface area contributed by atoms with Crippen molar-refractivity contribution in [3.63, 3.8) is 0 Å². The first kappa shape index (κ1) is 2.52. The van der Waals surface area contributed by atoms with Crippen LogP contribution in [-0.2, 0) is 0 Å². The van der Waals surface area contributed by atoms with Gasteiger partial charge in [-0.2, -0.15) is 0 Å². The van der Waals surface area contributed by atoms with Crippen LogP contribution in [0, 0.1) is 35.5 Å². The highest BCUT2D eigenvalue weighted by Gasteiger charge is 2.88. The maximum Gasteiger partial charge on any atom is -0.0312 e. The lowest BCUT2D eigenvalue weighted by molar-refractivity contribution is 0.529. The van der Waals surface area contributed by atoms with Crippen molar-refractivity contribution in [2.45, 2.75) is 6.42 Å². The summed E-state index contributed by atoms with van der Waals surface area (Å²) in [7, 11) is 0. The van der Waals surface area contributed by atoms with Crippen molar-refractivity contribution >= 4 is 0 Å². The standard InChI is InChI=1S/C7H8/c1-2-3(1)5-6-4(2)7(5)6/h2-7H,1H2/t2-,3+,4?,5?,6?,7?. The Balaban J connectivity index is 2.09. The molecule has 0 heterocycles. The van der Waals surface area contributed by atoms with Crippen LogP contribution in [-0.4, -0.2) is 0 Å². The number of rotatable bonds is 0. The second-order valence-corrected chi connectivity index (χ2v) is 3.87. The average molecular weight is 92.1 g/mol. The van der Waals surface area contributed by atoms with Crippen LogP contribution in [0.15, 0.2) is 0 Å². The lowest BCUT2D eigenvalue weighted by Gasteiger charge is -1.94. The molecule has 0 aromatic rings. The lowest BCUT2D eigenvalue weighted by Crippen LogP contribution is -1.90. The SMILES string of the molecule is C1[C@@H]2C3C4C3C4[C@H]12. The second-order valence-electron chi connectivity index (χ2n) is 3.87. The summed E-state index contributed by atoms with van der Waals surface area (Å²) in [6, 6.07) is 0. The van der Waals surface area contributed by atoms with E-state index in [2.05, 4.69) is 0 Å². The van der Waals surface area contributed by atoms with Gasteiger partial charge in [0.05, 0.1) is 0 Å². The van der Waals surface area contributed by atoms with E-state index in [1.54, 1.807) is 6.42 Å². The quantitative estimate of drug-likeness (QED) is 0.420. The van der Waals surface area contributed by atoms with Gasteiger partial charge in [0.2, 0.25) is 0 Å². The van der Waals surface area contributed by atoms with Crippen LogP contribution in [0.1, 0.15) is 6.42 Å². The van der Waals surface area contributed by atoms with Gasteiger partial charge in [-0.15, -0.1) is 0 Å². The molecular formula is C7H8. The zero-order chi connectivity index (χ0) is 4.17. The van der Waals surface area contributed by atoms with Gasteiger partial charge in [0.25, 0.3) is 0 Å². The highest BCUT2D eigenvalue weighted by atomic mass is 14.9. The van der Waals surface area contributed by atoms with Crippen molar-refractivity contribution in [2.75, 3.05) is 0 Å². The predicted octanol–water partition coefficient (Wildman–Crippen LogP) is 1.13. The molecule has 7 heavy (non-hydrogen) atoms. The molecule has 2 unspecified atom stereocenters. The summed E-state index contributed by atoms with van der Waals surface area (Å²) >= 11 is 0. The number of hydrogen-bond donors (Lipinski definition) is 0. The molecule has 5 fully saturated rings. The van der Waals surface area contributed by atoms with Gasteiger partial charge >= 0.3 is 0 Å². The third-order valence-corrected chi connectivity index (χ3v) is 3.82. The van der Waals surface area contributed by atoms with Crippen LogP contribution in [0.3, 0.4) is 0 Å². The first-order valence-electron chi connectivity index (χ1n) is 3.48. The van der Waals surface area contributed by atoms with Gasteiger partial charge in [0.1, 0.15) is 0 Å². The smallest absolute Gasteiger partial charge is 0.0312 e. The van der Waals surface area contributed by atoms with E-state index in [4.69, 9.17) is 0 Å². The summed E-state index contributed by atoms with van der Waals surface area (Å²) in [4.78, 5) is 0. The molecule has 0 spiro atoms. The Hall–Kier alpha value is 0. The van der Waals surface area contributed by atoms with Gasteiger partial charge in [-0.3, -0.25) is 0 Å². The monoisotopic (exact) mass is 92.1 g/mol. The largest absolute Gasteiger partial charge is 0.0465 e. The Labute approximate surface area is 42.9 Å². The van der Waals surface area contributed by atoms with E-state index in [0.717, 1.165) is 0 Å².